The van der Waals surface area contributed by atoms with Crippen LogP contribution in [0.1, 0.15) is 37.3 Å². The number of nitrogens with zero attached hydrogens (tertiary/aromatic N) is 4. The molecular weight excluding hydrogens is 348 g/mol. The summed E-state index contributed by atoms with van der Waals surface area (Å²) in [4.78, 5) is 15.4. The Hall–Kier alpha value is -2.35. The molecule has 0 bridgehead atoms. The molecule has 0 aliphatic heterocycles. The van der Waals surface area contributed by atoms with Crippen LogP contribution in [0.4, 0.5) is 0 Å². The van der Waals surface area contributed by atoms with Gasteiger partial charge >= 0.3 is 0 Å². The van der Waals surface area contributed by atoms with Gasteiger partial charge in [0.15, 0.2) is 0 Å². The summed E-state index contributed by atoms with van der Waals surface area (Å²) in [5, 5.41) is 16.9. The Morgan fingerprint density at radius 2 is 2.15 bits per heavy atom. The second-order valence-corrected chi connectivity index (χ2v) is 7.53. The molecule has 7 nitrogen and oxygen atoms in total. The molecule has 0 spiro atoms. The van der Waals surface area contributed by atoms with E-state index in [1.54, 1.807) is 0 Å². The maximum absolute atomic E-state index is 12.1. The summed E-state index contributed by atoms with van der Waals surface area (Å²) in [6.07, 6.45) is 7.51. The number of amides is 1. The molecule has 0 radical (unpaired) electrons. The van der Waals surface area contributed by atoms with Crippen molar-refractivity contribution in [1.29, 1.82) is 0 Å². The third-order valence-electron chi connectivity index (χ3n) is 4.86. The number of fused-ring (bicyclic) bond motifs is 1. The summed E-state index contributed by atoms with van der Waals surface area (Å²) in [5.41, 5.74) is 2.35. The molecule has 2 N–H and O–H groups in total. The zero-order chi connectivity index (χ0) is 17.8. The van der Waals surface area contributed by atoms with Crippen molar-refractivity contribution in [2.45, 2.75) is 43.3 Å². The van der Waals surface area contributed by atoms with E-state index in [0.29, 0.717) is 18.3 Å². The standard InChI is InChI=1S/C18H22N6OS/c25-17(12-26-18-21-22-23-24(18)14-5-1-2-6-14)19-10-9-13-11-20-16-8-4-3-7-15(13)16/h3-4,7-8,11,14,20H,1-2,5-6,9-10,12H2,(H,19,25). The number of hydrogen-bond donors (Lipinski definition) is 2. The summed E-state index contributed by atoms with van der Waals surface area (Å²) in [5.74, 6) is 0.344. The average Bonchev–Trinajstić information content (AvgIpc) is 3.40. The zero-order valence-electron chi connectivity index (χ0n) is 14.5. The highest BCUT2D eigenvalue weighted by molar-refractivity contribution is 7.99. The van der Waals surface area contributed by atoms with Gasteiger partial charge in [-0.15, -0.1) is 5.10 Å². The van der Waals surface area contributed by atoms with E-state index in [2.05, 4.69) is 38.0 Å². The fraction of sp³-hybridized carbons (Fsp3) is 0.444. The van der Waals surface area contributed by atoms with Crippen molar-refractivity contribution in [3.8, 4) is 0 Å². The second-order valence-electron chi connectivity index (χ2n) is 6.59. The Bertz CT molecular complexity index is 883. The van der Waals surface area contributed by atoms with E-state index in [4.69, 9.17) is 0 Å². The average molecular weight is 370 g/mol. The smallest absolute Gasteiger partial charge is 0.230 e. The Balaban J connectivity index is 1.25. The number of carbonyl (C=O) groups is 1. The first kappa shape index (κ1) is 17.1. The zero-order valence-corrected chi connectivity index (χ0v) is 15.3. The molecule has 136 valence electrons. The Morgan fingerprint density at radius 1 is 1.31 bits per heavy atom. The molecule has 1 aromatic carbocycles. The van der Waals surface area contributed by atoms with Crippen LogP contribution in [-0.4, -0.2) is 43.4 Å². The van der Waals surface area contributed by atoms with Crippen molar-refractivity contribution in [2.24, 2.45) is 0 Å². The van der Waals surface area contributed by atoms with Crippen LogP contribution >= 0.6 is 11.8 Å². The van der Waals surface area contributed by atoms with E-state index in [0.717, 1.165) is 29.9 Å². The van der Waals surface area contributed by atoms with Crippen LogP contribution in [0.15, 0.2) is 35.6 Å². The van der Waals surface area contributed by atoms with Gasteiger partial charge in [-0.1, -0.05) is 42.8 Å². The summed E-state index contributed by atoms with van der Waals surface area (Å²) in [6, 6.07) is 8.59. The first-order chi connectivity index (χ1) is 12.8. The second kappa shape index (κ2) is 7.90. The van der Waals surface area contributed by atoms with Gasteiger partial charge in [0.1, 0.15) is 0 Å². The van der Waals surface area contributed by atoms with E-state index in [9.17, 15) is 4.79 Å². The van der Waals surface area contributed by atoms with Crippen molar-refractivity contribution in [3.63, 3.8) is 0 Å². The molecule has 1 aliphatic rings. The number of para-hydroxylation sites is 1. The quantitative estimate of drug-likeness (QED) is 0.624. The van der Waals surface area contributed by atoms with Crippen molar-refractivity contribution < 1.29 is 4.79 Å². The summed E-state index contributed by atoms with van der Waals surface area (Å²) >= 11 is 1.41. The molecule has 0 unspecified atom stereocenters. The molecule has 1 saturated carbocycles. The fourth-order valence-electron chi connectivity index (χ4n) is 3.51. The lowest BCUT2D eigenvalue weighted by molar-refractivity contribution is -0.118. The van der Waals surface area contributed by atoms with Gasteiger partial charge in [0, 0.05) is 23.6 Å². The highest BCUT2D eigenvalue weighted by Crippen LogP contribution is 2.31. The SMILES string of the molecule is O=C(CSc1nnnn1C1CCCC1)NCCc1c[nH]c2ccccc12. The molecular formula is C18H22N6OS. The van der Waals surface area contributed by atoms with Crippen LogP contribution in [-0.2, 0) is 11.2 Å². The van der Waals surface area contributed by atoms with E-state index >= 15 is 0 Å². The van der Waals surface area contributed by atoms with Crippen LogP contribution in [0.3, 0.4) is 0 Å². The van der Waals surface area contributed by atoms with Crippen LogP contribution in [0.5, 0.6) is 0 Å². The minimum Gasteiger partial charge on any atom is -0.361 e. The monoisotopic (exact) mass is 370 g/mol. The minimum atomic E-state index is 0.0100. The number of nitrogens with one attached hydrogen (secondary N) is 2. The highest BCUT2D eigenvalue weighted by Gasteiger charge is 2.22. The molecule has 1 fully saturated rings. The predicted molar refractivity (Wildman–Crippen MR) is 101 cm³/mol. The van der Waals surface area contributed by atoms with Gasteiger partial charge in [-0.3, -0.25) is 4.79 Å². The number of aromatic amines is 1. The summed E-state index contributed by atoms with van der Waals surface area (Å²) in [7, 11) is 0. The Labute approximate surface area is 155 Å². The number of carbonyl (C=O) groups excluding carboxylic acids is 1. The van der Waals surface area contributed by atoms with Crippen LogP contribution in [0.2, 0.25) is 0 Å². The van der Waals surface area contributed by atoms with E-state index in [1.165, 1.54) is 35.6 Å². The van der Waals surface area contributed by atoms with Gasteiger partial charge in [-0.2, -0.15) is 0 Å². The van der Waals surface area contributed by atoms with E-state index in [1.807, 2.05) is 23.0 Å². The van der Waals surface area contributed by atoms with Crippen molar-refractivity contribution in [3.05, 3.63) is 36.0 Å². The maximum Gasteiger partial charge on any atom is 0.230 e. The molecule has 1 amide bonds. The minimum absolute atomic E-state index is 0.0100. The summed E-state index contributed by atoms with van der Waals surface area (Å²) in [6.45, 7) is 0.620. The van der Waals surface area contributed by atoms with Gasteiger partial charge in [0.2, 0.25) is 11.1 Å². The number of thioether (sulfide) groups is 1. The lowest BCUT2D eigenvalue weighted by Gasteiger charge is -2.10. The number of benzene rings is 1. The van der Waals surface area contributed by atoms with E-state index in [-0.39, 0.29) is 5.91 Å². The van der Waals surface area contributed by atoms with Gasteiger partial charge in [0.25, 0.3) is 0 Å². The molecule has 0 saturated heterocycles. The molecule has 1 aliphatic carbocycles. The molecule has 2 heterocycles. The molecule has 3 aromatic rings. The lowest BCUT2D eigenvalue weighted by atomic mass is 10.1. The molecule has 4 rings (SSSR count). The van der Waals surface area contributed by atoms with Crippen LogP contribution in [0.25, 0.3) is 10.9 Å². The van der Waals surface area contributed by atoms with Gasteiger partial charge < -0.3 is 10.3 Å². The van der Waals surface area contributed by atoms with Gasteiger partial charge in [0.05, 0.1) is 11.8 Å². The van der Waals surface area contributed by atoms with Gasteiger partial charge in [-0.05, 0) is 41.3 Å². The third kappa shape index (κ3) is 3.75. The van der Waals surface area contributed by atoms with Gasteiger partial charge in [-0.25, -0.2) is 4.68 Å². The number of aromatic nitrogens is 5. The predicted octanol–water partition coefficient (Wildman–Crippen LogP) is 2.72. The number of tetrazole rings is 1. The van der Waals surface area contributed by atoms with Crippen molar-refractivity contribution in [1.82, 2.24) is 30.5 Å². The Kier molecular flexibility index (Phi) is 5.19. The highest BCUT2D eigenvalue weighted by atomic mass is 32.2. The molecule has 8 heteroatoms. The molecule has 26 heavy (non-hydrogen) atoms. The number of rotatable bonds is 7. The first-order valence-electron chi connectivity index (χ1n) is 9.03. The lowest BCUT2D eigenvalue weighted by Crippen LogP contribution is -2.27. The number of hydrogen-bond acceptors (Lipinski definition) is 5. The molecule has 0 atom stereocenters. The topological polar surface area (TPSA) is 88.5 Å². The van der Waals surface area contributed by atoms with E-state index < -0.39 is 0 Å². The van der Waals surface area contributed by atoms with Crippen LogP contribution < -0.4 is 5.32 Å². The van der Waals surface area contributed by atoms with Crippen LogP contribution in [0, 0.1) is 0 Å². The normalized spacial score (nSPS) is 14.9. The fourth-order valence-corrected chi connectivity index (χ4v) is 4.29. The molecule has 2 aromatic heterocycles. The van der Waals surface area contributed by atoms with Crippen molar-refractivity contribution >= 4 is 28.6 Å². The number of H-pyrrole nitrogens is 1. The van der Waals surface area contributed by atoms with Crippen molar-refractivity contribution in [2.75, 3.05) is 12.3 Å². The maximum atomic E-state index is 12.1. The third-order valence-corrected chi connectivity index (χ3v) is 5.79. The largest absolute Gasteiger partial charge is 0.361 e. The Morgan fingerprint density at radius 3 is 3.04 bits per heavy atom. The first-order valence-corrected chi connectivity index (χ1v) is 10.0. The summed E-state index contributed by atoms with van der Waals surface area (Å²) < 4.78 is 1.89.